The third-order valence-electron chi connectivity index (χ3n) is 5.43. The lowest BCUT2D eigenvalue weighted by molar-refractivity contribution is -0.162. The van der Waals surface area contributed by atoms with Crippen molar-refractivity contribution in [2.24, 2.45) is 11.3 Å². The van der Waals surface area contributed by atoms with E-state index < -0.39 is 18.1 Å². The van der Waals surface area contributed by atoms with Gasteiger partial charge in [0.15, 0.2) is 0 Å². The van der Waals surface area contributed by atoms with Crippen molar-refractivity contribution in [3.63, 3.8) is 0 Å². The van der Waals surface area contributed by atoms with Gasteiger partial charge in [0.1, 0.15) is 18.8 Å². The average Bonchev–Trinajstić information content (AvgIpc) is 3.17. The number of esters is 2. The van der Waals surface area contributed by atoms with Crippen LogP contribution in [-0.2, 0) is 19.1 Å². The van der Waals surface area contributed by atoms with E-state index in [-0.39, 0.29) is 61.9 Å². The van der Waals surface area contributed by atoms with Crippen LogP contribution >= 0.6 is 24.8 Å². The Hall–Kier alpha value is -0.575. The first-order chi connectivity index (χ1) is 12.7. The summed E-state index contributed by atoms with van der Waals surface area (Å²) in [6, 6.07) is 0.250. The molecule has 0 spiro atoms. The van der Waals surface area contributed by atoms with Crippen LogP contribution in [0, 0.1) is 11.3 Å². The number of carbonyl (C=O) groups is 2. The first kappa shape index (κ1) is 28.4. The molecule has 29 heavy (non-hydrogen) atoms. The zero-order valence-electron chi connectivity index (χ0n) is 17.4. The van der Waals surface area contributed by atoms with Crippen molar-refractivity contribution in [2.45, 2.75) is 64.4 Å². The number of ether oxygens (including phenoxy) is 2. The van der Waals surface area contributed by atoms with Crippen LogP contribution in [0.1, 0.15) is 46.5 Å². The second-order valence-corrected chi connectivity index (χ2v) is 8.56. The van der Waals surface area contributed by atoms with Crippen LogP contribution < -0.4 is 10.6 Å². The monoisotopic (exact) mass is 456 g/mol. The molecule has 8 nitrogen and oxygen atoms in total. The second-order valence-electron chi connectivity index (χ2n) is 8.56. The van der Waals surface area contributed by atoms with E-state index in [1.165, 1.54) is 0 Å². The fourth-order valence-electron chi connectivity index (χ4n) is 3.94. The van der Waals surface area contributed by atoms with Gasteiger partial charge in [-0.05, 0) is 46.5 Å². The Kier molecular flexibility index (Phi) is 12.1. The average molecular weight is 457 g/mol. The smallest absolute Gasteiger partial charge is 0.451 e. The molecule has 11 heteroatoms. The molecule has 0 saturated carbocycles. The Balaban J connectivity index is 0.00000392. The molecule has 0 aromatic rings. The molecule has 0 aliphatic carbocycles. The molecule has 4 N–H and O–H groups in total. The summed E-state index contributed by atoms with van der Waals surface area (Å²) in [6.45, 7) is 6.98. The fourth-order valence-corrected chi connectivity index (χ4v) is 3.94. The van der Waals surface area contributed by atoms with Crippen molar-refractivity contribution < 1.29 is 29.1 Å². The predicted octanol–water partition coefficient (Wildman–Crippen LogP) is 0.926. The maximum atomic E-state index is 12.9. The van der Waals surface area contributed by atoms with Crippen LogP contribution in [-0.4, -0.2) is 67.0 Å². The second kappa shape index (κ2) is 12.3. The minimum absolute atomic E-state index is 0. The molecule has 2 saturated heterocycles. The van der Waals surface area contributed by atoms with E-state index in [0.29, 0.717) is 32.1 Å². The van der Waals surface area contributed by atoms with Crippen LogP contribution in [0.5, 0.6) is 0 Å². The van der Waals surface area contributed by atoms with Crippen molar-refractivity contribution in [3.05, 3.63) is 0 Å². The van der Waals surface area contributed by atoms with Gasteiger partial charge in [0.05, 0.1) is 5.41 Å². The zero-order chi connectivity index (χ0) is 20.1. The van der Waals surface area contributed by atoms with E-state index in [4.69, 9.17) is 19.5 Å². The summed E-state index contributed by atoms with van der Waals surface area (Å²) in [4.78, 5) is 24.7. The highest BCUT2D eigenvalue weighted by molar-refractivity contribution is 6.40. The third-order valence-corrected chi connectivity index (χ3v) is 5.43. The van der Waals surface area contributed by atoms with Crippen molar-refractivity contribution in [1.29, 1.82) is 0 Å². The summed E-state index contributed by atoms with van der Waals surface area (Å²) in [5.74, 6) is -0.480. The highest BCUT2D eigenvalue weighted by Crippen LogP contribution is 2.38. The third kappa shape index (κ3) is 7.56. The molecule has 2 aliphatic heterocycles. The Morgan fingerprint density at radius 3 is 2.41 bits per heavy atom. The molecule has 2 aliphatic rings. The summed E-state index contributed by atoms with van der Waals surface area (Å²) in [7, 11) is -1.32. The van der Waals surface area contributed by atoms with Crippen molar-refractivity contribution in [3.8, 4) is 0 Å². The number of hydrogen-bond donors (Lipinski definition) is 4. The number of carbonyl (C=O) groups excluding carboxylic acids is 2. The van der Waals surface area contributed by atoms with Gasteiger partial charge in [0.2, 0.25) is 0 Å². The molecule has 2 heterocycles. The lowest BCUT2D eigenvalue weighted by Crippen LogP contribution is -2.53. The van der Waals surface area contributed by atoms with Crippen molar-refractivity contribution in [1.82, 2.24) is 10.6 Å². The quantitative estimate of drug-likeness (QED) is 0.230. The predicted molar refractivity (Wildman–Crippen MR) is 115 cm³/mol. The molecule has 0 radical (unpaired) electrons. The van der Waals surface area contributed by atoms with Crippen LogP contribution in [0.2, 0.25) is 6.32 Å². The molecule has 0 unspecified atom stereocenters. The maximum absolute atomic E-state index is 12.9. The molecular formula is C18H35BCl2N2O6. The van der Waals surface area contributed by atoms with Crippen LogP contribution in [0.3, 0.4) is 0 Å². The van der Waals surface area contributed by atoms with Gasteiger partial charge in [-0.15, -0.1) is 24.8 Å². The number of unbranched alkanes of at least 4 members (excludes halogenated alkanes) is 1. The lowest BCUT2D eigenvalue weighted by Gasteiger charge is -2.32. The maximum Gasteiger partial charge on any atom is 0.451 e. The first-order valence-electron chi connectivity index (χ1n) is 9.86. The van der Waals surface area contributed by atoms with Crippen LogP contribution in [0.15, 0.2) is 0 Å². The van der Waals surface area contributed by atoms with Gasteiger partial charge < -0.3 is 30.2 Å². The van der Waals surface area contributed by atoms with E-state index in [0.717, 1.165) is 13.0 Å². The Morgan fingerprint density at radius 1 is 1.14 bits per heavy atom. The summed E-state index contributed by atoms with van der Waals surface area (Å²) in [5.41, 5.74) is -1.35. The largest absolute Gasteiger partial charge is 0.462 e. The Bertz CT molecular complexity index is 535. The van der Waals surface area contributed by atoms with E-state index in [2.05, 4.69) is 10.6 Å². The lowest BCUT2D eigenvalue weighted by atomic mass is 9.77. The summed E-state index contributed by atoms with van der Waals surface area (Å²) >= 11 is 0. The molecule has 170 valence electrons. The molecule has 0 amide bonds. The van der Waals surface area contributed by atoms with Crippen molar-refractivity contribution in [2.75, 3.05) is 26.3 Å². The van der Waals surface area contributed by atoms with E-state index in [1.54, 1.807) is 20.8 Å². The van der Waals surface area contributed by atoms with E-state index >= 15 is 0 Å². The summed E-state index contributed by atoms with van der Waals surface area (Å²) < 4.78 is 10.6. The standard InChI is InChI=1S/C18H33BN2O6.2ClH/c1-17(2,3)15(22)26-10-11-27-16(23)18(7-4-5-8-19(24)25)13-6-9-20-14(13)12-21-18;;/h13-14,20-21,24-25H,4-12H2,1-3H3;2*1H/t13-,14-,18+;;/m0../s1. The first-order valence-corrected chi connectivity index (χ1v) is 9.86. The summed E-state index contributed by atoms with van der Waals surface area (Å²) in [6.07, 6.45) is 3.10. The van der Waals surface area contributed by atoms with Gasteiger partial charge in [-0.25, -0.2) is 0 Å². The Labute approximate surface area is 185 Å². The van der Waals surface area contributed by atoms with Gasteiger partial charge in [0, 0.05) is 18.5 Å². The number of hydrogen-bond acceptors (Lipinski definition) is 8. The number of halogens is 2. The SMILES string of the molecule is CC(C)(C)C(=O)OCCOC(=O)[C@]1(CCCCB(O)O)NC[C@@H]2NCC[C@@H]21.Cl.Cl. The van der Waals surface area contributed by atoms with E-state index in [1.807, 2.05) is 0 Å². The normalized spacial score (nSPS) is 25.4. The topological polar surface area (TPSA) is 117 Å². The van der Waals surface area contributed by atoms with E-state index in [9.17, 15) is 9.59 Å². The molecule has 2 fully saturated rings. The van der Waals surface area contributed by atoms with Gasteiger partial charge in [-0.2, -0.15) is 0 Å². The molecule has 0 aromatic heterocycles. The Morgan fingerprint density at radius 2 is 1.79 bits per heavy atom. The van der Waals surface area contributed by atoms with Crippen molar-refractivity contribution >= 4 is 43.9 Å². The fraction of sp³-hybridized carbons (Fsp3) is 0.889. The van der Waals surface area contributed by atoms with Gasteiger partial charge >= 0.3 is 19.1 Å². The number of fused-ring (bicyclic) bond motifs is 1. The van der Waals surface area contributed by atoms with Gasteiger partial charge in [0.25, 0.3) is 0 Å². The minimum Gasteiger partial charge on any atom is -0.462 e. The highest BCUT2D eigenvalue weighted by atomic mass is 35.5. The molecule has 2 rings (SSSR count). The number of rotatable bonds is 9. The highest BCUT2D eigenvalue weighted by Gasteiger charge is 2.55. The molecule has 3 atom stereocenters. The van der Waals surface area contributed by atoms with Crippen LogP contribution in [0.25, 0.3) is 0 Å². The summed E-state index contributed by atoms with van der Waals surface area (Å²) in [5, 5.41) is 24.8. The number of nitrogens with one attached hydrogen (secondary N) is 2. The zero-order valence-corrected chi connectivity index (χ0v) is 19.1. The molecule has 0 aromatic carbocycles. The minimum atomic E-state index is -1.32. The van der Waals surface area contributed by atoms with Gasteiger partial charge in [-0.3, -0.25) is 9.59 Å². The molecular weight excluding hydrogens is 422 g/mol. The van der Waals surface area contributed by atoms with Crippen LogP contribution in [0.4, 0.5) is 0 Å². The van der Waals surface area contributed by atoms with Gasteiger partial charge in [-0.1, -0.05) is 12.8 Å². The molecule has 0 bridgehead atoms.